The Morgan fingerprint density at radius 3 is 2.70 bits per heavy atom. The second-order valence-corrected chi connectivity index (χ2v) is 5.59. The van der Waals surface area contributed by atoms with E-state index in [4.69, 9.17) is 0 Å². The van der Waals surface area contributed by atoms with Crippen LogP contribution in [0, 0.1) is 5.82 Å². The Hall–Kier alpha value is -2.69. The van der Waals surface area contributed by atoms with E-state index in [1.807, 2.05) is 24.3 Å². The van der Waals surface area contributed by atoms with Crippen molar-refractivity contribution in [2.45, 2.75) is 19.0 Å². The van der Waals surface area contributed by atoms with E-state index in [0.29, 0.717) is 12.0 Å². The van der Waals surface area contributed by atoms with Crippen LogP contribution < -0.4 is 5.32 Å². The first kappa shape index (κ1) is 15.2. The van der Waals surface area contributed by atoms with Crippen molar-refractivity contribution in [2.24, 2.45) is 0 Å². The van der Waals surface area contributed by atoms with Gasteiger partial charge in [-0.05, 0) is 17.2 Å². The number of hydrogen-bond acceptors (Lipinski definition) is 2. The van der Waals surface area contributed by atoms with E-state index in [9.17, 15) is 14.0 Å². The summed E-state index contributed by atoms with van der Waals surface area (Å²) < 4.78 is 13.6. The van der Waals surface area contributed by atoms with Crippen LogP contribution in [0.4, 0.5) is 4.39 Å². The number of rotatable bonds is 3. The summed E-state index contributed by atoms with van der Waals surface area (Å²) in [7, 11) is 1.62. The molecule has 118 valence electrons. The van der Waals surface area contributed by atoms with E-state index >= 15 is 0 Å². The number of halogens is 1. The topological polar surface area (TPSA) is 49.4 Å². The highest BCUT2D eigenvalue weighted by Gasteiger charge is 2.34. The van der Waals surface area contributed by atoms with Gasteiger partial charge in [-0.1, -0.05) is 42.5 Å². The molecule has 0 saturated heterocycles. The number of nitrogens with zero attached hydrogens (tertiary/aromatic N) is 1. The molecule has 1 atom stereocenters. The zero-order valence-electron chi connectivity index (χ0n) is 12.8. The fraction of sp³-hybridized carbons (Fsp3) is 0.222. The number of amides is 2. The fourth-order valence-electron chi connectivity index (χ4n) is 2.84. The van der Waals surface area contributed by atoms with Crippen LogP contribution >= 0.6 is 0 Å². The van der Waals surface area contributed by atoms with Crippen LogP contribution in [0.1, 0.15) is 22.7 Å². The van der Waals surface area contributed by atoms with Gasteiger partial charge in [0, 0.05) is 19.2 Å². The smallest absolute Gasteiger partial charge is 0.247 e. The molecule has 4 nitrogen and oxygen atoms in total. The molecule has 5 heteroatoms. The molecular formula is C18H17FN2O2. The number of carbonyl (C=O) groups excluding carboxylic acids is 2. The number of carbonyl (C=O) groups is 2. The van der Waals surface area contributed by atoms with E-state index < -0.39 is 6.04 Å². The lowest BCUT2D eigenvalue weighted by Gasteiger charge is -2.33. The van der Waals surface area contributed by atoms with Gasteiger partial charge in [-0.25, -0.2) is 4.39 Å². The molecule has 0 saturated carbocycles. The second kappa shape index (κ2) is 6.20. The summed E-state index contributed by atoms with van der Waals surface area (Å²) in [6.45, 7) is 0.0895. The first-order chi connectivity index (χ1) is 11.1. The lowest BCUT2D eigenvalue weighted by molar-refractivity contribution is -0.140. The zero-order valence-corrected chi connectivity index (χ0v) is 12.8. The predicted octanol–water partition coefficient (Wildman–Crippen LogP) is 2.20. The van der Waals surface area contributed by atoms with Gasteiger partial charge < -0.3 is 10.2 Å². The summed E-state index contributed by atoms with van der Waals surface area (Å²) >= 11 is 0. The van der Waals surface area contributed by atoms with Crippen molar-refractivity contribution in [1.29, 1.82) is 0 Å². The highest BCUT2D eigenvalue weighted by molar-refractivity contribution is 5.92. The molecule has 0 bridgehead atoms. The third-order valence-corrected chi connectivity index (χ3v) is 4.13. The van der Waals surface area contributed by atoms with Crippen molar-refractivity contribution in [1.82, 2.24) is 10.2 Å². The SMILES string of the molecule is CN1C(=O)Cc2ccccc2C1C(=O)NCc1ccccc1F. The van der Waals surface area contributed by atoms with Crippen LogP contribution in [0.2, 0.25) is 0 Å². The maximum absolute atomic E-state index is 13.6. The standard InChI is InChI=1S/C18H17FN2O2/c1-21-16(22)10-12-6-2-4-8-14(12)17(21)18(23)20-11-13-7-3-5-9-15(13)19/h2-9,17H,10-11H2,1H3,(H,20,23). The molecule has 1 aliphatic heterocycles. The van der Waals surface area contributed by atoms with Crippen molar-refractivity contribution in [3.63, 3.8) is 0 Å². The predicted molar refractivity (Wildman–Crippen MR) is 83.9 cm³/mol. The Labute approximate surface area is 133 Å². The summed E-state index contributed by atoms with van der Waals surface area (Å²) in [4.78, 5) is 26.1. The molecule has 0 spiro atoms. The zero-order chi connectivity index (χ0) is 16.4. The van der Waals surface area contributed by atoms with Crippen LogP contribution in [0.3, 0.4) is 0 Å². The maximum Gasteiger partial charge on any atom is 0.247 e. The molecule has 0 aliphatic carbocycles. The summed E-state index contributed by atoms with van der Waals surface area (Å²) in [6.07, 6.45) is 0.295. The van der Waals surface area contributed by atoms with Gasteiger partial charge in [0.15, 0.2) is 0 Å². The van der Waals surface area contributed by atoms with Gasteiger partial charge in [0.05, 0.1) is 6.42 Å². The summed E-state index contributed by atoms with van der Waals surface area (Å²) in [6, 6.07) is 13.0. The normalized spacial score (nSPS) is 16.9. The molecule has 0 aromatic heterocycles. The quantitative estimate of drug-likeness (QED) is 0.944. The Morgan fingerprint density at radius 2 is 1.91 bits per heavy atom. The van der Waals surface area contributed by atoms with Gasteiger partial charge in [-0.3, -0.25) is 9.59 Å². The summed E-state index contributed by atoms with van der Waals surface area (Å²) in [5.74, 6) is -0.771. The molecular weight excluding hydrogens is 295 g/mol. The van der Waals surface area contributed by atoms with Crippen molar-refractivity contribution in [3.8, 4) is 0 Å². The van der Waals surface area contributed by atoms with Crippen molar-refractivity contribution in [3.05, 3.63) is 71.0 Å². The number of benzene rings is 2. The van der Waals surface area contributed by atoms with Gasteiger partial charge in [0.25, 0.3) is 0 Å². The molecule has 3 rings (SSSR count). The molecule has 1 heterocycles. The largest absolute Gasteiger partial charge is 0.350 e. The molecule has 1 aliphatic rings. The first-order valence-corrected chi connectivity index (χ1v) is 7.42. The minimum absolute atomic E-state index is 0.0895. The van der Waals surface area contributed by atoms with E-state index in [-0.39, 0.29) is 24.2 Å². The minimum atomic E-state index is -0.681. The van der Waals surface area contributed by atoms with Gasteiger partial charge in [0.2, 0.25) is 11.8 Å². The van der Waals surface area contributed by atoms with Crippen LogP contribution in [-0.4, -0.2) is 23.8 Å². The molecule has 0 fully saturated rings. The lowest BCUT2D eigenvalue weighted by atomic mass is 9.92. The van der Waals surface area contributed by atoms with Gasteiger partial charge in [0.1, 0.15) is 11.9 Å². The van der Waals surface area contributed by atoms with Gasteiger partial charge in [-0.2, -0.15) is 0 Å². The number of likely N-dealkylation sites (N-methyl/N-ethyl adjacent to an activating group) is 1. The molecule has 2 aromatic rings. The Morgan fingerprint density at radius 1 is 1.22 bits per heavy atom. The van der Waals surface area contributed by atoms with Crippen LogP contribution in [0.5, 0.6) is 0 Å². The summed E-state index contributed by atoms with van der Waals surface area (Å²) in [5, 5.41) is 2.73. The molecule has 1 N–H and O–H groups in total. The monoisotopic (exact) mass is 312 g/mol. The first-order valence-electron chi connectivity index (χ1n) is 7.42. The van der Waals surface area contributed by atoms with Crippen LogP contribution in [0.15, 0.2) is 48.5 Å². The molecule has 2 aromatic carbocycles. The van der Waals surface area contributed by atoms with Gasteiger partial charge >= 0.3 is 0 Å². The maximum atomic E-state index is 13.6. The van der Waals surface area contributed by atoms with Crippen LogP contribution in [-0.2, 0) is 22.6 Å². The third kappa shape index (κ3) is 2.95. The van der Waals surface area contributed by atoms with E-state index in [0.717, 1.165) is 11.1 Å². The molecule has 1 unspecified atom stereocenters. The van der Waals surface area contributed by atoms with E-state index in [1.165, 1.54) is 11.0 Å². The summed E-state index contributed by atoms with van der Waals surface area (Å²) in [5.41, 5.74) is 2.10. The number of nitrogens with one attached hydrogen (secondary N) is 1. The van der Waals surface area contributed by atoms with Crippen molar-refractivity contribution >= 4 is 11.8 Å². The van der Waals surface area contributed by atoms with E-state index in [1.54, 1.807) is 25.2 Å². The van der Waals surface area contributed by atoms with E-state index in [2.05, 4.69) is 5.32 Å². The van der Waals surface area contributed by atoms with Crippen molar-refractivity contribution < 1.29 is 14.0 Å². The molecule has 23 heavy (non-hydrogen) atoms. The number of fused-ring (bicyclic) bond motifs is 1. The number of hydrogen-bond donors (Lipinski definition) is 1. The minimum Gasteiger partial charge on any atom is -0.350 e. The van der Waals surface area contributed by atoms with Crippen molar-refractivity contribution in [2.75, 3.05) is 7.05 Å². The highest BCUT2D eigenvalue weighted by Crippen LogP contribution is 2.29. The van der Waals surface area contributed by atoms with Crippen LogP contribution in [0.25, 0.3) is 0 Å². The average Bonchev–Trinajstić information content (AvgIpc) is 2.55. The Bertz CT molecular complexity index is 760. The third-order valence-electron chi connectivity index (χ3n) is 4.13. The highest BCUT2D eigenvalue weighted by atomic mass is 19.1. The molecule has 0 radical (unpaired) electrons. The molecule has 2 amide bonds. The average molecular weight is 312 g/mol. The second-order valence-electron chi connectivity index (χ2n) is 5.59. The lowest BCUT2D eigenvalue weighted by Crippen LogP contribution is -2.45. The Kier molecular flexibility index (Phi) is 4.10. The fourth-order valence-corrected chi connectivity index (χ4v) is 2.84. The van der Waals surface area contributed by atoms with Gasteiger partial charge in [-0.15, -0.1) is 0 Å². The Balaban J connectivity index is 1.81.